The van der Waals surface area contributed by atoms with Gasteiger partial charge in [0.2, 0.25) is 0 Å². The molecule has 0 radical (unpaired) electrons. The lowest BCUT2D eigenvalue weighted by Gasteiger charge is -2.28. The van der Waals surface area contributed by atoms with Gasteiger partial charge in [0.15, 0.2) is 0 Å². The summed E-state index contributed by atoms with van der Waals surface area (Å²) in [6.07, 6.45) is 1.43. The van der Waals surface area contributed by atoms with Crippen LogP contribution in [0, 0.1) is 0 Å². The van der Waals surface area contributed by atoms with E-state index in [1.54, 1.807) is 0 Å². The fourth-order valence-electron chi connectivity index (χ4n) is 1.53. The van der Waals surface area contributed by atoms with Crippen molar-refractivity contribution < 1.29 is 0 Å². The normalized spacial score (nSPS) is 35.3. The first kappa shape index (κ1) is 7.29. The maximum atomic E-state index is 2.60. The van der Waals surface area contributed by atoms with Crippen molar-refractivity contribution in [2.24, 2.45) is 0 Å². The Morgan fingerprint density at radius 2 is 2.00 bits per heavy atom. The van der Waals surface area contributed by atoms with Gasteiger partial charge in [-0.2, -0.15) is 0 Å². The molecule has 1 rings (SSSR count). The summed E-state index contributed by atoms with van der Waals surface area (Å²) in [4.78, 5) is 0. The van der Waals surface area contributed by atoms with Crippen LogP contribution in [-0.4, -0.2) is 25.9 Å². The van der Waals surface area contributed by atoms with Crippen molar-refractivity contribution in [3.05, 3.63) is 0 Å². The summed E-state index contributed by atoms with van der Waals surface area (Å²) in [6, 6.07) is 2.34. The molecule has 0 amide bonds. The van der Waals surface area contributed by atoms with Gasteiger partial charge in [0.05, 0.1) is 0 Å². The number of nitrogens with zero attached hydrogens (tertiary/aromatic N) is 1. The zero-order valence-electron chi connectivity index (χ0n) is 6.94. The highest BCUT2D eigenvalue weighted by molar-refractivity contribution is 6.75. The average Bonchev–Trinajstić information content (AvgIpc) is 1.97. The van der Waals surface area contributed by atoms with Gasteiger partial charge in [0.25, 0.3) is 0 Å². The van der Waals surface area contributed by atoms with Crippen molar-refractivity contribution >= 4 is 8.24 Å². The van der Waals surface area contributed by atoms with Crippen LogP contribution in [0.5, 0.6) is 0 Å². The van der Waals surface area contributed by atoms with Gasteiger partial charge in [0.1, 0.15) is 8.24 Å². The lowest BCUT2D eigenvalue weighted by molar-refractivity contribution is 0.427. The number of hydrogen-bond acceptors (Lipinski definition) is 1. The Morgan fingerprint density at radius 3 is 2.11 bits per heavy atom. The van der Waals surface area contributed by atoms with Gasteiger partial charge in [-0.15, -0.1) is 0 Å². The van der Waals surface area contributed by atoms with Crippen molar-refractivity contribution in [3.63, 3.8) is 0 Å². The minimum Gasteiger partial charge on any atom is -0.324 e. The summed E-state index contributed by atoms with van der Waals surface area (Å²) in [5.41, 5.74) is 0. The molecule has 54 valence electrons. The lowest BCUT2D eigenvalue weighted by atomic mass is 10.3. The Balaban J connectivity index is 2.62. The topological polar surface area (TPSA) is 3.24 Å². The van der Waals surface area contributed by atoms with E-state index in [0.29, 0.717) is 0 Å². The van der Waals surface area contributed by atoms with Crippen molar-refractivity contribution in [1.82, 2.24) is 4.57 Å². The van der Waals surface area contributed by atoms with Gasteiger partial charge in [-0.25, -0.2) is 0 Å². The van der Waals surface area contributed by atoms with Crippen molar-refractivity contribution in [2.45, 2.75) is 38.5 Å². The highest BCUT2D eigenvalue weighted by Crippen LogP contribution is 2.28. The third-order valence-electron chi connectivity index (χ3n) is 2.79. The molecule has 0 aliphatic carbocycles. The van der Waals surface area contributed by atoms with Crippen LogP contribution in [0.1, 0.15) is 13.3 Å². The molecular formula is C7H17NSi. The summed E-state index contributed by atoms with van der Waals surface area (Å²) in [7, 11) is 1.41. The maximum absolute atomic E-state index is 2.60. The van der Waals surface area contributed by atoms with Crippen LogP contribution in [0.4, 0.5) is 0 Å². The SMILES string of the molecule is CC1CC[Si](C)(C)N1C. The van der Waals surface area contributed by atoms with Crippen LogP contribution in [-0.2, 0) is 0 Å². The molecule has 0 N–H and O–H groups in total. The Hall–Kier alpha value is 0.177. The maximum Gasteiger partial charge on any atom is 0.122 e. The molecule has 0 bridgehead atoms. The Bertz CT molecular complexity index is 111. The predicted octanol–water partition coefficient (Wildman–Crippen LogP) is 1.92. The molecule has 2 heteroatoms. The van der Waals surface area contributed by atoms with Gasteiger partial charge < -0.3 is 4.57 Å². The smallest absolute Gasteiger partial charge is 0.122 e. The van der Waals surface area contributed by atoms with Crippen LogP contribution in [0.25, 0.3) is 0 Å². The summed E-state index contributed by atoms with van der Waals surface area (Å²) < 4.78 is 2.60. The van der Waals surface area contributed by atoms with E-state index in [4.69, 9.17) is 0 Å². The zero-order chi connectivity index (χ0) is 7.07. The molecule has 1 heterocycles. The summed E-state index contributed by atoms with van der Waals surface area (Å²) in [5.74, 6) is 0. The van der Waals surface area contributed by atoms with Crippen LogP contribution in [0.3, 0.4) is 0 Å². The number of rotatable bonds is 0. The summed E-state index contributed by atoms with van der Waals surface area (Å²) >= 11 is 0. The molecule has 0 saturated carbocycles. The first-order chi connectivity index (χ1) is 4.04. The first-order valence-corrected chi connectivity index (χ1v) is 6.92. The summed E-state index contributed by atoms with van der Waals surface area (Å²) in [5, 5.41) is 0. The first-order valence-electron chi connectivity index (χ1n) is 3.77. The second-order valence-corrected chi connectivity index (χ2v) is 8.64. The fourth-order valence-corrected chi connectivity index (χ4v) is 4.33. The molecule has 1 atom stereocenters. The minimum absolute atomic E-state index is 0.853. The molecule has 0 aromatic rings. The average molecular weight is 143 g/mol. The molecule has 1 aliphatic rings. The van der Waals surface area contributed by atoms with E-state index in [0.717, 1.165) is 6.04 Å². The van der Waals surface area contributed by atoms with E-state index < -0.39 is 8.24 Å². The van der Waals surface area contributed by atoms with Gasteiger partial charge in [0, 0.05) is 0 Å². The molecule has 0 aromatic heterocycles. The second kappa shape index (κ2) is 2.10. The van der Waals surface area contributed by atoms with E-state index in [1.165, 1.54) is 12.5 Å². The molecule has 1 aliphatic heterocycles. The molecule has 0 aromatic carbocycles. The highest BCUT2D eigenvalue weighted by Gasteiger charge is 2.35. The fraction of sp³-hybridized carbons (Fsp3) is 1.00. The third kappa shape index (κ3) is 1.19. The molecule has 1 saturated heterocycles. The molecule has 9 heavy (non-hydrogen) atoms. The summed E-state index contributed by atoms with van der Waals surface area (Å²) in [6.45, 7) is 7.24. The van der Waals surface area contributed by atoms with Crippen LogP contribution in [0.15, 0.2) is 0 Å². The van der Waals surface area contributed by atoms with Gasteiger partial charge in [-0.05, 0) is 25.6 Å². The number of hydrogen-bond donors (Lipinski definition) is 0. The van der Waals surface area contributed by atoms with Crippen molar-refractivity contribution in [3.8, 4) is 0 Å². The van der Waals surface area contributed by atoms with Gasteiger partial charge >= 0.3 is 0 Å². The lowest BCUT2D eigenvalue weighted by Crippen LogP contribution is -2.42. The largest absolute Gasteiger partial charge is 0.324 e. The van der Waals surface area contributed by atoms with Crippen molar-refractivity contribution in [1.29, 1.82) is 0 Å². The molecule has 1 fully saturated rings. The Kier molecular flexibility index (Phi) is 1.70. The van der Waals surface area contributed by atoms with E-state index in [-0.39, 0.29) is 0 Å². The zero-order valence-corrected chi connectivity index (χ0v) is 7.94. The Labute approximate surface area is 59.1 Å². The molecule has 1 unspecified atom stereocenters. The molecular weight excluding hydrogens is 126 g/mol. The van der Waals surface area contributed by atoms with Crippen LogP contribution < -0.4 is 0 Å². The minimum atomic E-state index is -0.873. The second-order valence-electron chi connectivity index (χ2n) is 3.81. The molecule has 0 spiro atoms. The van der Waals surface area contributed by atoms with E-state index >= 15 is 0 Å². The van der Waals surface area contributed by atoms with E-state index in [9.17, 15) is 0 Å². The van der Waals surface area contributed by atoms with E-state index in [1.807, 2.05) is 0 Å². The molecule has 1 nitrogen and oxygen atoms in total. The standard InChI is InChI=1S/C7H17NSi/c1-7-5-6-9(3,4)8(7)2/h7H,5-6H2,1-4H3. The van der Waals surface area contributed by atoms with E-state index in [2.05, 4.69) is 31.6 Å². The van der Waals surface area contributed by atoms with Gasteiger partial charge in [-0.1, -0.05) is 20.0 Å². The van der Waals surface area contributed by atoms with Crippen LogP contribution >= 0.6 is 0 Å². The van der Waals surface area contributed by atoms with Crippen LogP contribution in [0.2, 0.25) is 19.1 Å². The quantitative estimate of drug-likeness (QED) is 0.468. The highest BCUT2D eigenvalue weighted by atomic mass is 28.3. The predicted molar refractivity (Wildman–Crippen MR) is 44.1 cm³/mol. The third-order valence-corrected chi connectivity index (χ3v) is 6.65. The van der Waals surface area contributed by atoms with Gasteiger partial charge in [-0.3, -0.25) is 0 Å². The Morgan fingerprint density at radius 1 is 1.44 bits per heavy atom. The van der Waals surface area contributed by atoms with Crippen molar-refractivity contribution in [2.75, 3.05) is 7.05 Å². The monoisotopic (exact) mass is 143 g/mol.